The van der Waals surface area contributed by atoms with Crippen LogP contribution in [0.5, 0.6) is 0 Å². The molecule has 32 heavy (non-hydrogen) atoms. The molecule has 5 nitrogen and oxygen atoms in total. The molecule has 0 bridgehead atoms. The van der Waals surface area contributed by atoms with E-state index in [1.807, 2.05) is 50.2 Å². The molecule has 1 aromatic heterocycles. The number of sulfone groups is 1. The van der Waals surface area contributed by atoms with Gasteiger partial charge in [-0.2, -0.15) is 0 Å². The van der Waals surface area contributed by atoms with Gasteiger partial charge in [0.1, 0.15) is 0 Å². The molecule has 0 spiro atoms. The van der Waals surface area contributed by atoms with Crippen molar-refractivity contribution < 1.29 is 13.2 Å². The van der Waals surface area contributed by atoms with Gasteiger partial charge in [-0.05, 0) is 60.9 Å². The Morgan fingerprint density at radius 2 is 1.66 bits per heavy atom. The summed E-state index contributed by atoms with van der Waals surface area (Å²) in [5.41, 5.74) is 4.57. The van der Waals surface area contributed by atoms with Crippen molar-refractivity contribution in [1.29, 1.82) is 0 Å². The lowest BCUT2D eigenvalue weighted by atomic mass is 10.1. The van der Waals surface area contributed by atoms with Gasteiger partial charge in [-0.3, -0.25) is 9.69 Å². The van der Waals surface area contributed by atoms with Crippen molar-refractivity contribution in [2.45, 2.75) is 32.2 Å². The van der Waals surface area contributed by atoms with Gasteiger partial charge >= 0.3 is 0 Å². The molecule has 0 fully saturated rings. The van der Waals surface area contributed by atoms with Crippen LogP contribution in [0.3, 0.4) is 0 Å². The highest BCUT2D eigenvalue weighted by Crippen LogP contribution is 2.33. The number of rotatable bonds is 6. The van der Waals surface area contributed by atoms with E-state index < -0.39 is 9.84 Å². The second kappa shape index (κ2) is 8.84. The second-order valence-electron chi connectivity index (χ2n) is 7.66. The van der Waals surface area contributed by atoms with Gasteiger partial charge in [0.25, 0.3) is 5.91 Å². The third-order valence-electron chi connectivity index (χ3n) is 5.57. The molecule has 1 heterocycles. The summed E-state index contributed by atoms with van der Waals surface area (Å²) in [7, 11) is -3.32. The van der Waals surface area contributed by atoms with Crippen molar-refractivity contribution in [2.24, 2.45) is 0 Å². The van der Waals surface area contributed by atoms with Crippen LogP contribution in [0.15, 0.2) is 71.6 Å². The Morgan fingerprint density at radius 1 is 0.969 bits per heavy atom. The van der Waals surface area contributed by atoms with Crippen LogP contribution in [0, 0.1) is 13.8 Å². The van der Waals surface area contributed by atoms with E-state index in [0.29, 0.717) is 17.2 Å². The molecule has 0 N–H and O–H groups in total. The molecule has 0 atom stereocenters. The Hall–Kier alpha value is -3.03. The summed E-state index contributed by atoms with van der Waals surface area (Å²) in [5.74, 6) is -0.201. The highest BCUT2D eigenvalue weighted by molar-refractivity contribution is 7.91. The number of nitrogens with zero attached hydrogens (tertiary/aromatic N) is 2. The third-order valence-corrected chi connectivity index (χ3v) is 8.37. The minimum atomic E-state index is -3.32. The van der Waals surface area contributed by atoms with Gasteiger partial charge in [-0.1, -0.05) is 54.7 Å². The molecule has 0 unspecified atom stereocenters. The molecule has 1 amide bonds. The van der Waals surface area contributed by atoms with Gasteiger partial charge in [0.05, 0.1) is 27.4 Å². The quantitative estimate of drug-likeness (QED) is 0.375. The molecule has 4 aromatic rings. The lowest BCUT2D eigenvalue weighted by Gasteiger charge is -2.20. The van der Waals surface area contributed by atoms with Crippen molar-refractivity contribution in [3.05, 3.63) is 89.0 Å². The number of fused-ring (bicyclic) bond motifs is 1. The fourth-order valence-electron chi connectivity index (χ4n) is 3.45. The average Bonchev–Trinajstić information content (AvgIpc) is 3.25. The van der Waals surface area contributed by atoms with Gasteiger partial charge in [0.2, 0.25) is 0 Å². The number of carbonyl (C=O) groups is 1. The number of carbonyl (C=O) groups excluding carboxylic acids is 1. The van der Waals surface area contributed by atoms with Crippen LogP contribution >= 0.6 is 11.3 Å². The standard InChI is InChI=1S/C25H24N2O3S2/c1-4-32(29,30)21-13-11-20(12-14-21)24(28)27(16-19-8-6-5-7-9-19)25-26-23-18(3)17(2)10-15-22(23)31-25/h5-15H,4,16H2,1-3H3. The number of thiazole rings is 1. The van der Waals surface area contributed by atoms with Crippen LogP contribution in [0.4, 0.5) is 5.13 Å². The van der Waals surface area contributed by atoms with E-state index in [0.717, 1.165) is 26.9 Å². The summed E-state index contributed by atoms with van der Waals surface area (Å²) in [6.07, 6.45) is 0. The molecule has 164 valence electrons. The van der Waals surface area contributed by atoms with E-state index in [4.69, 9.17) is 4.98 Å². The van der Waals surface area contributed by atoms with Crippen LogP contribution < -0.4 is 4.90 Å². The predicted molar refractivity (Wildman–Crippen MR) is 130 cm³/mol. The van der Waals surface area contributed by atoms with Gasteiger partial charge < -0.3 is 0 Å². The van der Waals surface area contributed by atoms with Crippen molar-refractivity contribution >= 4 is 42.4 Å². The maximum Gasteiger partial charge on any atom is 0.260 e. The van der Waals surface area contributed by atoms with Crippen LogP contribution in [-0.2, 0) is 16.4 Å². The number of benzene rings is 3. The molecule has 4 rings (SSSR count). The highest BCUT2D eigenvalue weighted by Gasteiger charge is 2.23. The fourth-order valence-corrected chi connectivity index (χ4v) is 5.36. The molecule has 0 aliphatic rings. The third kappa shape index (κ3) is 4.31. The zero-order valence-corrected chi connectivity index (χ0v) is 19.8. The van der Waals surface area contributed by atoms with Gasteiger partial charge in [-0.25, -0.2) is 13.4 Å². The van der Waals surface area contributed by atoms with Crippen LogP contribution in [0.25, 0.3) is 10.2 Å². The van der Waals surface area contributed by atoms with E-state index in [1.165, 1.54) is 23.5 Å². The van der Waals surface area contributed by atoms with Crippen molar-refractivity contribution in [1.82, 2.24) is 4.98 Å². The van der Waals surface area contributed by atoms with Gasteiger partial charge in [0.15, 0.2) is 15.0 Å². The number of hydrogen-bond acceptors (Lipinski definition) is 5. The Balaban J connectivity index is 1.76. The lowest BCUT2D eigenvalue weighted by molar-refractivity contribution is 0.0985. The van der Waals surface area contributed by atoms with Gasteiger partial charge in [0, 0.05) is 5.56 Å². The Labute approximate surface area is 192 Å². The van der Waals surface area contributed by atoms with Crippen LogP contribution in [0.1, 0.15) is 34.0 Å². The lowest BCUT2D eigenvalue weighted by Crippen LogP contribution is -2.30. The zero-order chi connectivity index (χ0) is 22.9. The van der Waals surface area contributed by atoms with Crippen LogP contribution in [-0.4, -0.2) is 25.1 Å². The highest BCUT2D eigenvalue weighted by atomic mass is 32.2. The minimum Gasteiger partial charge on any atom is -0.279 e. The Kier molecular flexibility index (Phi) is 6.13. The van der Waals surface area contributed by atoms with Crippen molar-refractivity contribution in [3.8, 4) is 0 Å². The minimum absolute atomic E-state index is 0.0187. The Morgan fingerprint density at radius 3 is 2.31 bits per heavy atom. The van der Waals surface area contributed by atoms with E-state index in [2.05, 4.69) is 6.07 Å². The van der Waals surface area contributed by atoms with E-state index in [9.17, 15) is 13.2 Å². The summed E-state index contributed by atoms with van der Waals surface area (Å²) in [5, 5.41) is 0.618. The number of amides is 1. The second-order valence-corrected chi connectivity index (χ2v) is 10.9. The average molecular weight is 465 g/mol. The van der Waals surface area contributed by atoms with Crippen LogP contribution in [0.2, 0.25) is 0 Å². The number of hydrogen-bond donors (Lipinski definition) is 0. The Bertz CT molecular complexity index is 1380. The first-order valence-corrected chi connectivity index (χ1v) is 12.8. The fraction of sp³-hybridized carbons (Fsp3) is 0.200. The maximum atomic E-state index is 13.6. The predicted octanol–water partition coefficient (Wildman–Crippen LogP) is 5.55. The number of aromatic nitrogens is 1. The maximum absolute atomic E-state index is 13.6. The van der Waals surface area contributed by atoms with Crippen molar-refractivity contribution in [3.63, 3.8) is 0 Å². The molecule has 3 aromatic carbocycles. The molecule has 7 heteroatoms. The monoisotopic (exact) mass is 464 g/mol. The zero-order valence-electron chi connectivity index (χ0n) is 18.2. The first kappa shape index (κ1) is 22.2. The molecular formula is C25H24N2O3S2. The van der Waals surface area contributed by atoms with E-state index in [-0.39, 0.29) is 16.6 Å². The molecule has 0 saturated carbocycles. The number of anilines is 1. The van der Waals surface area contributed by atoms with E-state index in [1.54, 1.807) is 24.0 Å². The first-order valence-electron chi connectivity index (χ1n) is 10.4. The topological polar surface area (TPSA) is 67.3 Å². The smallest absolute Gasteiger partial charge is 0.260 e. The summed E-state index contributed by atoms with van der Waals surface area (Å²) >= 11 is 1.48. The molecule has 0 saturated heterocycles. The number of aryl methyl sites for hydroxylation is 2. The summed E-state index contributed by atoms with van der Waals surface area (Å²) in [6.45, 7) is 6.06. The summed E-state index contributed by atoms with van der Waals surface area (Å²) < 4.78 is 25.3. The molecule has 0 aliphatic heterocycles. The SMILES string of the molecule is CCS(=O)(=O)c1ccc(C(=O)N(Cc2ccccc2)c2nc3c(C)c(C)ccc3s2)cc1. The van der Waals surface area contributed by atoms with Gasteiger partial charge in [-0.15, -0.1) is 0 Å². The molecule has 0 aliphatic carbocycles. The van der Waals surface area contributed by atoms with E-state index >= 15 is 0 Å². The molecule has 0 radical (unpaired) electrons. The normalized spacial score (nSPS) is 11.6. The van der Waals surface area contributed by atoms with Crippen molar-refractivity contribution in [2.75, 3.05) is 10.7 Å². The molecular weight excluding hydrogens is 440 g/mol. The largest absolute Gasteiger partial charge is 0.279 e. The summed E-state index contributed by atoms with van der Waals surface area (Å²) in [4.78, 5) is 20.3. The summed E-state index contributed by atoms with van der Waals surface area (Å²) in [6, 6.07) is 20.0. The first-order chi connectivity index (χ1) is 15.3.